The minimum Gasteiger partial charge on any atom is -0.487 e. The number of aromatic carboxylic acids is 1. The predicted octanol–water partition coefficient (Wildman–Crippen LogP) is 7.63. The number of hydrogen-bond donors (Lipinski definition) is 1. The molecule has 0 bridgehead atoms. The highest BCUT2D eigenvalue weighted by atomic mass is 16.6. The van der Waals surface area contributed by atoms with E-state index in [2.05, 4.69) is 6.07 Å². The number of carboxylic acid groups (broad SMARTS) is 1. The zero-order valence-electron chi connectivity index (χ0n) is 22.7. The summed E-state index contributed by atoms with van der Waals surface area (Å²) in [7, 11) is 0. The van der Waals surface area contributed by atoms with E-state index >= 15 is 0 Å². The summed E-state index contributed by atoms with van der Waals surface area (Å²) in [6, 6.07) is 29.7. The molecule has 0 aliphatic heterocycles. The fourth-order valence-electron chi connectivity index (χ4n) is 4.37. The molecule has 0 aliphatic rings. The lowest BCUT2D eigenvalue weighted by atomic mass is 10.0. The Labute approximate surface area is 239 Å². The van der Waals surface area contributed by atoms with Gasteiger partial charge in [0.1, 0.15) is 13.2 Å². The molecule has 4 rings (SSSR count). The zero-order chi connectivity index (χ0) is 28.9. The van der Waals surface area contributed by atoms with Crippen LogP contribution in [0.4, 0.5) is 5.69 Å². The van der Waals surface area contributed by atoms with Gasteiger partial charge in [0.25, 0.3) is 0 Å². The summed E-state index contributed by atoms with van der Waals surface area (Å²) < 4.78 is 18.1. The maximum Gasteiger partial charge on any atom is 0.335 e. The maximum absolute atomic E-state index is 11.3. The summed E-state index contributed by atoms with van der Waals surface area (Å²) in [6.07, 6.45) is 4.28. The first kappa shape index (κ1) is 29.1. The number of carboxylic acids is 1. The molecule has 0 saturated heterocycles. The van der Waals surface area contributed by atoms with E-state index in [4.69, 9.17) is 19.3 Å². The SMILES string of the molecule is O=C(O)c1ccc(OCCCCCCc2cccc(OCc3ccccc3)c2OCc2ccccc2)c([N+](=O)[O-])c1. The van der Waals surface area contributed by atoms with Crippen LogP contribution >= 0.6 is 0 Å². The highest BCUT2D eigenvalue weighted by Gasteiger charge is 2.18. The van der Waals surface area contributed by atoms with Gasteiger partial charge < -0.3 is 19.3 Å². The van der Waals surface area contributed by atoms with Crippen molar-refractivity contribution in [3.05, 3.63) is 129 Å². The van der Waals surface area contributed by atoms with Crippen molar-refractivity contribution >= 4 is 11.7 Å². The normalized spacial score (nSPS) is 10.6. The third kappa shape index (κ3) is 8.83. The van der Waals surface area contributed by atoms with Gasteiger partial charge in [-0.2, -0.15) is 0 Å². The number of rotatable bonds is 16. The van der Waals surface area contributed by atoms with Crippen LogP contribution in [-0.2, 0) is 19.6 Å². The molecule has 0 unspecified atom stereocenters. The van der Waals surface area contributed by atoms with E-state index in [9.17, 15) is 14.9 Å². The van der Waals surface area contributed by atoms with Crippen molar-refractivity contribution < 1.29 is 29.0 Å². The predicted molar refractivity (Wildman–Crippen MR) is 156 cm³/mol. The Hall–Kier alpha value is -4.85. The second-order valence-corrected chi connectivity index (χ2v) is 9.55. The van der Waals surface area contributed by atoms with Crippen molar-refractivity contribution in [1.29, 1.82) is 0 Å². The van der Waals surface area contributed by atoms with E-state index in [1.54, 1.807) is 0 Å². The fraction of sp³-hybridized carbons (Fsp3) is 0.242. The molecular formula is C33H33NO7. The van der Waals surface area contributed by atoms with Crippen molar-refractivity contribution in [2.45, 2.75) is 45.3 Å². The van der Waals surface area contributed by atoms with Crippen LogP contribution in [0, 0.1) is 10.1 Å². The van der Waals surface area contributed by atoms with Gasteiger partial charge in [-0.15, -0.1) is 0 Å². The molecule has 4 aromatic carbocycles. The minimum absolute atomic E-state index is 0.0764. The van der Waals surface area contributed by atoms with Crippen LogP contribution in [0.3, 0.4) is 0 Å². The quantitative estimate of drug-likeness (QED) is 0.0860. The number of unbranched alkanes of at least 4 members (excludes halogenated alkanes) is 3. The molecule has 1 N–H and O–H groups in total. The Bertz CT molecular complexity index is 1420. The van der Waals surface area contributed by atoms with Crippen LogP contribution < -0.4 is 14.2 Å². The lowest BCUT2D eigenvalue weighted by Gasteiger charge is -2.17. The number of hydrogen-bond acceptors (Lipinski definition) is 6. The van der Waals surface area contributed by atoms with Crippen LogP contribution in [-0.4, -0.2) is 22.6 Å². The average molecular weight is 556 g/mol. The average Bonchev–Trinajstić information content (AvgIpc) is 2.99. The van der Waals surface area contributed by atoms with Crippen LogP contribution in [0.25, 0.3) is 0 Å². The van der Waals surface area contributed by atoms with Crippen LogP contribution in [0.5, 0.6) is 17.2 Å². The Morgan fingerprint density at radius 2 is 1.37 bits per heavy atom. The lowest BCUT2D eigenvalue weighted by molar-refractivity contribution is -0.385. The summed E-state index contributed by atoms with van der Waals surface area (Å²) >= 11 is 0. The molecule has 0 heterocycles. The van der Waals surface area contributed by atoms with E-state index in [1.807, 2.05) is 72.8 Å². The summed E-state index contributed by atoms with van der Waals surface area (Å²) in [5, 5.41) is 20.4. The topological polar surface area (TPSA) is 108 Å². The highest BCUT2D eigenvalue weighted by Crippen LogP contribution is 2.34. The van der Waals surface area contributed by atoms with Gasteiger partial charge in [-0.25, -0.2) is 4.79 Å². The number of nitrogens with zero attached hydrogens (tertiary/aromatic N) is 1. The standard InChI is InChI=1S/C33H33NO7/c35-33(36)28-19-20-30(29(22-28)34(37)38)39-21-10-2-1-9-16-27-17-11-18-31(40-23-25-12-5-3-6-13-25)32(27)41-24-26-14-7-4-8-15-26/h3-8,11-15,17-20,22H,1-2,9-10,16,21,23-24H2,(H,35,36). The molecule has 0 aromatic heterocycles. The van der Waals surface area contributed by atoms with Gasteiger partial charge >= 0.3 is 11.7 Å². The second kappa shape index (κ2) is 15.1. The fourth-order valence-corrected chi connectivity index (χ4v) is 4.37. The van der Waals surface area contributed by atoms with Crippen LogP contribution in [0.1, 0.15) is 52.7 Å². The van der Waals surface area contributed by atoms with Crippen LogP contribution in [0.2, 0.25) is 0 Å². The van der Waals surface area contributed by atoms with E-state index in [-0.39, 0.29) is 17.0 Å². The Morgan fingerprint density at radius 1 is 0.707 bits per heavy atom. The van der Waals surface area contributed by atoms with Gasteiger partial charge in [0, 0.05) is 6.07 Å². The summed E-state index contributed by atoms with van der Waals surface area (Å²) in [4.78, 5) is 21.8. The van der Waals surface area contributed by atoms with E-state index < -0.39 is 10.9 Å². The van der Waals surface area contributed by atoms with Crippen molar-refractivity contribution in [2.75, 3.05) is 6.61 Å². The number of para-hydroxylation sites is 1. The first-order chi connectivity index (χ1) is 20.0. The Kier molecular flexibility index (Phi) is 10.7. The van der Waals surface area contributed by atoms with Gasteiger partial charge in [0.2, 0.25) is 0 Å². The van der Waals surface area contributed by atoms with Crippen molar-refractivity contribution in [2.24, 2.45) is 0 Å². The van der Waals surface area contributed by atoms with Crippen LogP contribution in [0.15, 0.2) is 97.1 Å². The van der Waals surface area contributed by atoms with Gasteiger partial charge in [0.15, 0.2) is 17.2 Å². The maximum atomic E-state index is 11.3. The summed E-state index contributed by atoms with van der Waals surface area (Å²) in [5.41, 5.74) is 2.75. The minimum atomic E-state index is -1.22. The third-order valence-electron chi connectivity index (χ3n) is 6.52. The van der Waals surface area contributed by atoms with E-state index in [1.165, 1.54) is 12.1 Å². The number of carbonyl (C=O) groups is 1. The second-order valence-electron chi connectivity index (χ2n) is 9.55. The molecule has 0 spiro atoms. The molecule has 0 aliphatic carbocycles. The molecular weight excluding hydrogens is 522 g/mol. The van der Waals surface area contributed by atoms with E-state index in [0.29, 0.717) is 25.6 Å². The van der Waals surface area contributed by atoms with E-state index in [0.717, 1.165) is 60.6 Å². The molecule has 41 heavy (non-hydrogen) atoms. The number of benzene rings is 4. The first-order valence-electron chi connectivity index (χ1n) is 13.6. The monoisotopic (exact) mass is 555 g/mol. The Balaban J connectivity index is 1.30. The molecule has 4 aromatic rings. The highest BCUT2D eigenvalue weighted by molar-refractivity contribution is 5.88. The number of aryl methyl sites for hydroxylation is 1. The zero-order valence-corrected chi connectivity index (χ0v) is 22.7. The van der Waals surface area contributed by atoms with Gasteiger partial charge in [-0.3, -0.25) is 10.1 Å². The van der Waals surface area contributed by atoms with Gasteiger partial charge in [-0.1, -0.05) is 85.6 Å². The van der Waals surface area contributed by atoms with Gasteiger partial charge in [0.05, 0.1) is 17.1 Å². The molecule has 0 fully saturated rings. The summed E-state index contributed by atoms with van der Waals surface area (Å²) in [6.45, 7) is 1.20. The molecule has 0 radical (unpaired) electrons. The number of nitro benzene ring substituents is 1. The largest absolute Gasteiger partial charge is 0.487 e. The molecule has 8 nitrogen and oxygen atoms in total. The van der Waals surface area contributed by atoms with Crippen molar-refractivity contribution in [3.8, 4) is 17.2 Å². The Morgan fingerprint density at radius 3 is 2.02 bits per heavy atom. The third-order valence-corrected chi connectivity index (χ3v) is 6.52. The molecule has 0 atom stereocenters. The number of ether oxygens (including phenoxy) is 3. The molecule has 0 amide bonds. The molecule has 0 saturated carbocycles. The van der Waals surface area contributed by atoms with Crippen molar-refractivity contribution in [1.82, 2.24) is 0 Å². The smallest absolute Gasteiger partial charge is 0.335 e. The number of nitro groups is 1. The summed E-state index contributed by atoms with van der Waals surface area (Å²) in [5.74, 6) is 0.327. The van der Waals surface area contributed by atoms with Crippen molar-refractivity contribution in [3.63, 3.8) is 0 Å². The molecule has 212 valence electrons. The lowest BCUT2D eigenvalue weighted by Crippen LogP contribution is -2.04. The molecule has 8 heteroatoms. The van der Waals surface area contributed by atoms with Gasteiger partial charge in [-0.05, 0) is 54.2 Å². The first-order valence-corrected chi connectivity index (χ1v) is 13.6.